The second-order valence-electron chi connectivity index (χ2n) is 7.66. The van der Waals surface area contributed by atoms with Gasteiger partial charge in [0.1, 0.15) is 23.7 Å². The summed E-state index contributed by atoms with van der Waals surface area (Å²) in [5, 5.41) is 14.6. The number of likely N-dealkylation sites (N-methyl/N-ethyl adjacent to an activating group) is 2. The van der Waals surface area contributed by atoms with Crippen LogP contribution in [-0.2, 0) is 4.79 Å². The molecule has 35 heavy (non-hydrogen) atoms. The standard InChI is InChI=1S/C25H28FN7O2/c1-15-10-11-16(13-19(15)35-4)23(27)21-24(28)30-14-31-25(21)32-17-7-5-8-18(22(17)26)33(3)20(34)9-6-12-29-2/h5-11,13-14,27,29H,12H2,1-4H3,(H3,28,30,31,32)/b9-6+,27-23?. The van der Waals surface area contributed by atoms with E-state index >= 15 is 4.39 Å². The molecule has 182 valence electrons. The van der Waals surface area contributed by atoms with E-state index in [1.165, 1.54) is 36.5 Å². The lowest BCUT2D eigenvalue weighted by Gasteiger charge is -2.19. The molecule has 1 heterocycles. The van der Waals surface area contributed by atoms with Crippen LogP contribution in [0.25, 0.3) is 0 Å². The van der Waals surface area contributed by atoms with E-state index in [-0.39, 0.29) is 40.2 Å². The van der Waals surface area contributed by atoms with Crippen LogP contribution in [0, 0.1) is 18.2 Å². The van der Waals surface area contributed by atoms with Crippen LogP contribution in [0.15, 0.2) is 54.9 Å². The Morgan fingerprint density at radius 1 is 1.29 bits per heavy atom. The first-order valence-electron chi connectivity index (χ1n) is 10.8. The molecule has 0 saturated heterocycles. The fourth-order valence-electron chi connectivity index (χ4n) is 3.37. The van der Waals surface area contributed by atoms with Crippen LogP contribution in [0.1, 0.15) is 16.7 Å². The number of benzene rings is 2. The first-order chi connectivity index (χ1) is 16.8. The van der Waals surface area contributed by atoms with Crippen molar-refractivity contribution in [3.63, 3.8) is 0 Å². The van der Waals surface area contributed by atoms with E-state index in [0.717, 1.165) is 5.56 Å². The van der Waals surface area contributed by atoms with Gasteiger partial charge >= 0.3 is 0 Å². The Balaban J connectivity index is 1.96. The Morgan fingerprint density at radius 3 is 2.77 bits per heavy atom. The van der Waals surface area contributed by atoms with Gasteiger partial charge in [-0.3, -0.25) is 10.2 Å². The van der Waals surface area contributed by atoms with Crippen LogP contribution in [0.3, 0.4) is 0 Å². The number of hydrogen-bond acceptors (Lipinski definition) is 8. The molecule has 9 nitrogen and oxygen atoms in total. The summed E-state index contributed by atoms with van der Waals surface area (Å²) in [4.78, 5) is 21.8. The Hall–Kier alpha value is -4.31. The SMILES string of the molecule is CNC/C=C/C(=O)N(C)c1cccc(Nc2ncnc(N)c2C(=N)c2ccc(C)c(OC)c2)c1F. The molecule has 1 amide bonds. The van der Waals surface area contributed by atoms with Gasteiger partial charge in [0.05, 0.1) is 29.8 Å². The summed E-state index contributed by atoms with van der Waals surface area (Å²) >= 11 is 0. The zero-order chi connectivity index (χ0) is 25.5. The number of amides is 1. The van der Waals surface area contributed by atoms with Gasteiger partial charge in [0.15, 0.2) is 5.82 Å². The summed E-state index contributed by atoms with van der Waals surface area (Å²) in [5.74, 6) is -0.200. The van der Waals surface area contributed by atoms with Gasteiger partial charge in [-0.05, 0) is 37.7 Å². The van der Waals surface area contributed by atoms with E-state index in [9.17, 15) is 4.79 Å². The van der Waals surface area contributed by atoms with Crippen LogP contribution >= 0.6 is 0 Å². The molecule has 3 rings (SSSR count). The van der Waals surface area contributed by atoms with Crippen LogP contribution < -0.4 is 26.0 Å². The third-order valence-electron chi connectivity index (χ3n) is 5.33. The van der Waals surface area contributed by atoms with Crippen molar-refractivity contribution in [1.29, 1.82) is 5.41 Å². The Kier molecular flexibility index (Phi) is 8.11. The minimum Gasteiger partial charge on any atom is -0.496 e. The average Bonchev–Trinajstić information content (AvgIpc) is 2.85. The van der Waals surface area contributed by atoms with Crippen molar-refractivity contribution in [1.82, 2.24) is 15.3 Å². The van der Waals surface area contributed by atoms with Crippen LogP contribution in [0.4, 0.5) is 27.4 Å². The van der Waals surface area contributed by atoms with Crippen molar-refractivity contribution in [2.45, 2.75) is 6.92 Å². The minimum absolute atomic E-state index is 0.0439. The van der Waals surface area contributed by atoms with E-state index in [1.54, 1.807) is 38.4 Å². The molecule has 0 aliphatic heterocycles. The molecule has 2 aromatic carbocycles. The summed E-state index contributed by atoms with van der Waals surface area (Å²) in [7, 11) is 4.80. The maximum Gasteiger partial charge on any atom is 0.250 e. The van der Waals surface area contributed by atoms with Gasteiger partial charge in [0.25, 0.3) is 5.91 Å². The van der Waals surface area contributed by atoms with Gasteiger partial charge in [-0.2, -0.15) is 0 Å². The molecule has 0 fully saturated rings. The highest BCUT2D eigenvalue weighted by molar-refractivity contribution is 6.16. The predicted molar refractivity (Wildman–Crippen MR) is 136 cm³/mol. The highest BCUT2D eigenvalue weighted by Crippen LogP contribution is 2.31. The molecule has 3 aromatic rings. The highest BCUT2D eigenvalue weighted by atomic mass is 19.1. The molecular weight excluding hydrogens is 449 g/mol. The fraction of sp³-hybridized carbons (Fsp3) is 0.200. The third-order valence-corrected chi connectivity index (χ3v) is 5.33. The topological polar surface area (TPSA) is 129 Å². The molecule has 0 aliphatic rings. The monoisotopic (exact) mass is 477 g/mol. The molecule has 10 heteroatoms. The molecule has 5 N–H and O–H groups in total. The number of ether oxygens (including phenoxy) is 1. The smallest absolute Gasteiger partial charge is 0.250 e. The number of hydrogen-bond donors (Lipinski definition) is 4. The van der Waals surface area contributed by atoms with Crippen molar-refractivity contribution >= 4 is 34.6 Å². The zero-order valence-electron chi connectivity index (χ0n) is 20.0. The first-order valence-corrected chi connectivity index (χ1v) is 10.8. The molecule has 0 spiro atoms. The molecule has 0 radical (unpaired) electrons. The average molecular weight is 478 g/mol. The Morgan fingerprint density at radius 2 is 2.06 bits per heavy atom. The van der Waals surface area contributed by atoms with Crippen LogP contribution in [0.5, 0.6) is 5.75 Å². The second kappa shape index (κ2) is 11.2. The van der Waals surface area contributed by atoms with Gasteiger partial charge in [-0.1, -0.05) is 24.3 Å². The lowest BCUT2D eigenvalue weighted by molar-refractivity contribution is -0.113. The first kappa shape index (κ1) is 25.3. The van der Waals surface area contributed by atoms with Gasteiger partial charge in [-0.15, -0.1) is 0 Å². The summed E-state index contributed by atoms with van der Waals surface area (Å²) in [5.41, 5.74) is 7.95. The van der Waals surface area contributed by atoms with Crippen molar-refractivity contribution in [3.05, 3.63) is 77.4 Å². The Labute approximate surface area is 203 Å². The summed E-state index contributed by atoms with van der Waals surface area (Å²) in [6.45, 7) is 2.41. The van der Waals surface area contributed by atoms with E-state index < -0.39 is 5.82 Å². The number of aromatic nitrogens is 2. The van der Waals surface area contributed by atoms with Crippen LogP contribution in [-0.4, -0.2) is 49.3 Å². The molecular formula is C25H28FN7O2. The number of carbonyl (C=O) groups is 1. The quantitative estimate of drug-likeness (QED) is 0.275. The van der Waals surface area contributed by atoms with Gasteiger partial charge in [-0.25, -0.2) is 14.4 Å². The number of nitrogens with zero attached hydrogens (tertiary/aromatic N) is 3. The largest absolute Gasteiger partial charge is 0.496 e. The van der Waals surface area contributed by atoms with Gasteiger partial charge in [0, 0.05) is 25.2 Å². The maximum atomic E-state index is 15.4. The molecule has 0 bridgehead atoms. The van der Waals surface area contributed by atoms with Crippen molar-refractivity contribution in [2.75, 3.05) is 43.7 Å². The summed E-state index contributed by atoms with van der Waals surface area (Å²) in [6, 6.07) is 9.94. The number of halogens is 1. The second-order valence-corrected chi connectivity index (χ2v) is 7.66. The third kappa shape index (κ3) is 5.61. The number of methoxy groups -OCH3 is 1. The van der Waals surface area contributed by atoms with Gasteiger partial charge < -0.3 is 26.0 Å². The number of nitrogen functional groups attached to an aromatic ring is 1. The number of nitrogens with one attached hydrogen (secondary N) is 3. The number of carbonyl (C=O) groups excluding carboxylic acids is 1. The number of nitrogens with two attached hydrogens (primary N) is 1. The van der Waals surface area contributed by atoms with Crippen molar-refractivity contribution in [3.8, 4) is 5.75 Å². The summed E-state index contributed by atoms with van der Waals surface area (Å²) in [6.07, 6.45) is 4.26. The van der Waals surface area contributed by atoms with E-state index in [4.69, 9.17) is 15.9 Å². The Bertz CT molecular complexity index is 1280. The number of anilines is 4. The lowest BCUT2D eigenvalue weighted by atomic mass is 10.0. The molecule has 0 aliphatic carbocycles. The molecule has 0 unspecified atom stereocenters. The van der Waals surface area contributed by atoms with E-state index in [0.29, 0.717) is 17.9 Å². The highest BCUT2D eigenvalue weighted by Gasteiger charge is 2.20. The molecule has 0 saturated carbocycles. The number of rotatable bonds is 9. The number of aryl methyl sites for hydroxylation is 1. The van der Waals surface area contributed by atoms with Gasteiger partial charge in [0.2, 0.25) is 0 Å². The predicted octanol–water partition coefficient (Wildman–Crippen LogP) is 3.41. The van der Waals surface area contributed by atoms with Crippen molar-refractivity contribution < 1.29 is 13.9 Å². The summed E-state index contributed by atoms with van der Waals surface area (Å²) < 4.78 is 20.8. The normalized spacial score (nSPS) is 10.9. The van der Waals surface area contributed by atoms with E-state index in [1.807, 2.05) is 13.0 Å². The fourth-order valence-corrected chi connectivity index (χ4v) is 3.37. The lowest BCUT2D eigenvalue weighted by Crippen LogP contribution is -2.25. The molecule has 0 atom stereocenters. The maximum absolute atomic E-state index is 15.4. The zero-order valence-corrected chi connectivity index (χ0v) is 20.0. The molecule has 1 aromatic heterocycles. The minimum atomic E-state index is -0.656. The van der Waals surface area contributed by atoms with Crippen molar-refractivity contribution in [2.24, 2.45) is 0 Å². The van der Waals surface area contributed by atoms with E-state index in [2.05, 4.69) is 20.6 Å². The van der Waals surface area contributed by atoms with Crippen LogP contribution in [0.2, 0.25) is 0 Å².